The van der Waals surface area contributed by atoms with E-state index in [2.05, 4.69) is 77.9 Å². The first kappa shape index (κ1) is 17.8. The number of hydrogen-bond acceptors (Lipinski definition) is 4. The lowest BCUT2D eigenvalue weighted by Crippen LogP contribution is -2.31. The molecule has 2 aromatic carbocycles. The molecule has 5 rings (SSSR count). The molecule has 0 N–H and O–H groups in total. The van der Waals surface area contributed by atoms with E-state index in [1.54, 1.807) is 4.52 Å². The fourth-order valence-corrected chi connectivity index (χ4v) is 3.80. The van der Waals surface area contributed by atoms with Gasteiger partial charge in [0.2, 0.25) is 5.91 Å². The highest BCUT2D eigenvalue weighted by molar-refractivity contribution is 5.84. The van der Waals surface area contributed by atoms with Crippen molar-refractivity contribution in [3.8, 4) is 0 Å². The molecule has 0 saturated heterocycles. The van der Waals surface area contributed by atoms with Crippen LogP contribution in [0.3, 0.4) is 0 Å². The predicted octanol–water partition coefficient (Wildman–Crippen LogP) is 3.83. The van der Waals surface area contributed by atoms with Crippen molar-refractivity contribution in [1.82, 2.24) is 24.9 Å². The third-order valence-corrected chi connectivity index (χ3v) is 5.59. The molecule has 0 unspecified atom stereocenters. The minimum Gasteiger partial charge on any atom is -0.334 e. The second-order valence-electron chi connectivity index (χ2n) is 8.10. The number of aryl methyl sites for hydroxylation is 2. The number of benzene rings is 2. The van der Waals surface area contributed by atoms with Gasteiger partial charge in [-0.3, -0.25) is 4.79 Å². The highest BCUT2D eigenvalue weighted by atomic mass is 16.2. The van der Waals surface area contributed by atoms with Crippen LogP contribution in [-0.2, 0) is 17.9 Å². The molecule has 6 heteroatoms. The van der Waals surface area contributed by atoms with Crippen LogP contribution in [-0.4, -0.2) is 30.8 Å². The van der Waals surface area contributed by atoms with E-state index in [1.807, 2.05) is 4.90 Å². The Morgan fingerprint density at radius 3 is 2.55 bits per heavy atom. The molecule has 0 aliphatic heterocycles. The lowest BCUT2D eigenvalue weighted by Gasteiger charge is -2.23. The largest absolute Gasteiger partial charge is 0.334 e. The number of nitrogens with zero attached hydrogens (tertiary/aromatic N) is 5. The fourth-order valence-electron chi connectivity index (χ4n) is 3.80. The van der Waals surface area contributed by atoms with Gasteiger partial charge in [0, 0.05) is 30.0 Å². The van der Waals surface area contributed by atoms with Gasteiger partial charge < -0.3 is 4.90 Å². The number of aromatic nitrogens is 4. The summed E-state index contributed by atoms with van der Waals surface area (Å²) in [5.41, 5.74) is 6.17. The number of rotatable bonds is 5. The van der Waals surface area contributed by atoms with E-state index in [9.17, 15) is 4.79 Å². The summed E-state index contributed by atoms with van der Waals surface area (Å²) >= 11 is 0. The first-order valence-electron chi connectivity index (χ1n) is 10.0. The molecule has 1 aliphatic carbocycles. The van der Waals surface area contributed by atoms with Gasteiger partial charge in [-0.05, 0) is 60.4 Å². The summed E-state index contributed by atoms with van der Waals surface area (Å²) < 4.78 is 1.78. The maximum Gasteiger partial charge on any atom is 0.226 e. The molecule has 4 aromatic rings. The van der Waals surface area contributed by atoms with E-state index in [0.717, 1.165) is 40.4 Å². The lowest BCUT2D eigenvalue weighted by atomic mass is 10.1. The van der Waals surface area contributed by atoms with Crippen molar-refractivity contribution in [3.05, 3.63) is 70.8 Å². The Labute approximate surface area is 169 Å². The second-order valence-corrected chi connectivity index (χ2v) is 8.10. The number of pyridine rings is 1. The van der Waals surface area contributed by atoms with Gasteiger partial charge in [0.15, 0.2) is 5.65 Å². The second kappa shape index (κ2) is 6.95. The minimum absolute atomic E-state index is 0.163. The van der Waals surface area contributed by atoms with Crippen LogP contribution in [0.5, 0.6) is 0 Å². The van der Waals surface area contributed by atoms with Gasteiger partial charge in [-0.2, -0.15) is 4.52 Å². The van der Waals surface area contributed by atoms with Crippen molar-refractivity contribution < 1.29 is 4.79 Å². The lowest BCUT2D eigenvalue weighted by molar-refractivity contribution is -0.133. The van der Waals surface area contributed by atoms with Crippen LogP contribution in [0.4, 0.5) is 0 Å². The van der Waals surface area contributed by atoms with Gasteiger partial charge >= 0.3 is 0 Å². The standard InChI is InChI=1S/C23H23N5O/c1-15-3-6-17(7-4-15)13-27(23(29)18-9-10-18)14-20-12-19-8-5-16(2)11-21(19)28-22(20)24-25-26-28/h3-8,11-12,18H,9-10,13-14H2,1-2H3. The molecule has 29 heavy (non-hydrogen) atoms. The molecule has 1 aliphatic rings. The van der Waals surface area contributed by atoms with Crippen LogP contribution < -0.4 is 0 Å². The maximum atomic E-state index is 13.0. The van der Waals surface area contributed by atoms with Gasteiger partial charge in [0.25, 0.3) is 0 Å². The molecule has 0 atom stereocenters. The highest BCUT2D eigenvalue weighted by Gasteiger charge is 2.33. The summed E-state index contributed by atoms with van der Waals surface area (Å²) in [6.45, 7) is 5.22. The zero-order chi connectivity index (χ0) is 20.0. The zero-order valence-corrected chi connectivity index (χ0v) is 16.7. The Bertz CT molecular complexity index is 1210. The third-order valence-electron chi connectivity index (χ3n) is 5.59. The van der Waals surface area contributed by atoms with E-state index in [0.29, 0.717) is 18.7 Å². The van der Waals surface area contributed by atoms with Gasteiger partial charge in [0.05, 0.1) is 5.52 Å². The number of amides is 1. The summed E-state index contributed by atoms with van der Waals surface area (Å²) in [4.78, 5) is 15.0. The molecule has 0 spiro atoms. The number of carbonyl (C=O) groups is 1. The normalized spacial score (nSPS) is 13.9. The van der Waals surface area contributed by atoms with Gasteiger partial charge in [-0.15, -0.1) is 5.10 Å². The summed E-state index contributed by atoms with van der Waals surface area (Å²) in [7, 11) is 0. The topological polar surface area (TPSA) is 63.4 Å². The Kier molecular flexibility index (Phi) is 4.27. The monoisotopic (exact) mass is 385 g/mol. The van der Waals surface area contributed by atoms with Crippen LogP contribution in [0.25, 0.3) is 16.6 Å². The van der Waals surface area contributed by atoms with Gasteiger partial charge in [-0.1, -0.05) is 42.0 Å². The Balaban J connectivity index is 1.54. The van der Waals surface area contributed by atoms with E-state index >= 15 is 0 Å². The summed E-state index contributed by atoms with van der Waals surface area (Å²) in [6, 6.07) is 16.7. The van der Waals surface area contributed by atoms with Crippen molar-refractivity contribution in [2.75, 3.05) is 0 Å². The molecule has 2 aromatic heterocycles. The van der Waals surface area contributed by atoms with Crippen LogP contribution in [0, 0.1) is 19.8 Å². The van der Waals surface area contributed by atoms with Gasteiger partial charge in [-0.25, -0.2) is 0 Å². The molecule has 1 saturated carbocycles. The molecule has 1 amide bonds. The number of fused-ring (bicyclic) bond motifs is 3. The zero-order valence-electron chi connectivity index (χ0n) is 16.7. The molecular weight excluding hydrogens is 362 g/mol. The Hall–Kier alpha value is -3.28. The van der Waals surface area contributed by atoms with E-state index in [4.69, 9.17) is 0 Å². The average molecular weight is 385 g/mol. The van der Waals surface area contributed by atoms with Crippen molar-refractivity contribution in [1.29, 1.82) is 0 Å². The molecule has 146 valence electrons. The van der Waals surface area contributed by atoms with E-state index in [1.165, 1.54) is 5.56 Å². The number of tetrazole rings is 1. The maximum absolute atomic E-state index is 13.0. The van der Waals surface area contributed by atoms with Gasteiger partial charge in [0.1, 0.15) is 0 Å². The number of carbonyl (C=O) groups excluding carboxylic acids is 1. The molecular formula is C23H23N5O. The quantitative estimate of drug-likeness (QED) is 0.524. The summed E-state index contributed by atoms with van der Waals surface area (Å²) in [6.07, 6.45) is 1.98. The third kappa shape index (κ3) is 3.46. The molecule has 0 bridgehead atoms. The van der Waals surface area contributed by atoms with E-state index < -0.39 is 0 Å². The SMILES string of the molecule is Cc1ccc(CN(Cc2cc3ccc(C)cc3n3nnnc23)C(=O)C2CC2)cc1. The Morgan fingerprint density at radius 1 is 1.03 bits per heavy atom. The van der Waals surface area contributed by atoms with Crippen molar-refractivity contribution in [2.24, 2.45) is 5.92 Å². The fraction of sp³-hybridized carbons (Fsp3) is 0.304. The van der Waals surface area contributed by atoms with Crippen molar-refractivity contribution in [2.45, 2.75) is 39.8 Å². The van der Waals surface area contributed by atoms with Crippen LogP contribution in [0.1, 0.15) is 35.1 Å². The number of hydrogen-bond donors (Lipinski definition) is 0. The first-order chi connectivity index (χ1) is 14.1. The summed E-state index contributed by atoms with van der Waals surface area (Å²) in [5.74, 6) is 0.385. The van der Waals surface area contributed by atoms with Crippen LogP contribution >= 0.6 is 0 Å². The predicted molar refractivity (Wildman–Crippen MR) is 111 cm³/mol. The van der Waals surface area contributed by atoms with Crippen molar-refractivity contribution >= 4 is 22.5 Å². The molecule has 2 heterocycles. The first-order valence-corrected chi connectivity index (χ1v) is 10.0. The van der Waals surface area contributed by atoms with Crippen LogP contribution in [0.2, 0.25) is 0 Å². The summed E-state index contributed by atoms with van der Waals surface area (Å²) in [5, 5.41) is 13.4. The minimum atomic E-state index is 0.163. The van der Waals surface area contributed by atoms with Crippen molar-refractivity contribution in [3.63, 3.8) is 0 Å². The average Bonchev–Trinajstić information content (AvgIpc) is 3.45. The van der Waals surface area contributed by atoms with Crippen LogP contribution in [0.15, 0.2) is 48.5 Å². The molecule has 1 fully saturated rings. The smallest absolute Gasteiger partial charge is 0.226 e. The molecule has 0 radical (unpaired) electrons. The van der Waals surface area contributed by atoms with E-state index in [-0.39, 0.29) is 11.8 Å². The molecule has 6 nitrogen and oxygen atoms in total. The Morgan fingerprint density at radius 2 is 1.79 bits per heavy atom. The highest BCUT2D eigenvalue weighted by Crippen LogP contribution is 2.32.